The van der Waals surface area contributed by atoms with Gasteiger partial charge in [-0.3, -0.25) is 20.4 Å². The third kappa shape index (κ3) is 4.37. The van der Waals surface area contributed by atoms with E-state index in [9.17, 15) is 9.59 Å². The number of rotatable bonds is 5. The molecule has 7 nitrogen and oxygen atoms in total. The molecule has 1 aliphatic rings. The first-order valence-corrected chi connectivity index (χ1v) is 11.8. The first kappa shape index (κ1) is 20.9. The number of amides is 2. The van der Waals surface area contributed by atoms with Gasteiger partial charge in [-0.15, -0.1) is 11.3 Å². The number of furan rings is 1. The quantitative estimate of drug-likeness (QED) is 0.350. The van der Waals surface area contributed by atoms with Crippen molar-refractivity contribution in [3.8, 4) is 0 Å². The molecule has 0 saturated heterocycles. The summed E-state index contributed by atoms with van der Waals surface area (Å²) >= 11 is 3.15. The molecule has 0 saturated carbocycles. The summed E-state index contributed by atoms with van der Waals surface area (Å²) in [4.78, 5) is 36.2. The molecule has 30 heavy (non-hydrogen) atoms. The largest absolute Gasteiger partial charge is 0.459 e. The highest BCUT2D eigenvalue weighted by Gasteiger charge is 2.25. The minimum Gasteiger partial charge on any atom is -0.459 e. The van der Waals surface area contributed by atoms with E-state index in [2.05, 4.69) is 31.6 Å². The highest BCUT2D eigenvalue weighted by Crippen LogP contribution is 2.41. The summed E-state index contributed by atoms with van der Waals surface area (Å²) in [6.45, 7) is 6.43. The van der Waals surface area contributed by atoms with Crippen LogP contribution in [-0.2, 0) is 17.6 Å². The average Bonchev–Trinajstić information content (AvgIpc) is 3.37. The van der Waals surface area contributed by atoms with E-state index >= 15 is 0 Å². The SMILES string of the molecule is CC(C)c1nc(SCC(=O)NNC(=O)c2ccco2)c2c3c(sc2n1)C[C@H](C)CC3. The average molecular weight is 445 g/mol. The third-order valence-electron chi connectivity index (χ3n) is 5.06. The summed E-state index contributed by atoms with van der Waals surface area (Å²) in [5, 5.41) is 1.95. The molecule has 0 aliphatic heterocycles. The lowest BCUT2D eigenvalue weighted by atomic mass is 9.89. The van der Waals surface area contributed by atoms with Crippen molar-refractivity contribution in [3.63, 3.8) is 0 Å². The van der Waals surface area contributed by atoms with E-state index < -0.39 is 5.91 Å². The fraction of sp³-hybridized carbons (Fsp3) is 0.429. The number of nitrogens with one attached hydrogen (secondary N) is 2. The van der Waals surface area contributed by atoms with Crippen LogP contribution in [-0.4, -0.2) is 27.5 Å². The monoisotopic (exact) mass is 444 g/mol. The molecule has 0 unspecified atom stereocenters. The second-order valence-corrected chi connectivity index (χ2v) is 9.89. The summed E-state index contributed by atoms with van der Waals surface area (Å²) in [5.74, 6) is 1.16. The molecule has 4 rings (SSSR count). The van der Waals surface area contributed by atoms with Crippen molar-refractivity contribution < 1.29 is 14.0 Å². The topological polar surface area (TPSA) is 97.1 Å². The van der Waals surface area contributed by atoms with E-state index in [0.717, 1.165) is 40.3 Å². The molecule has 1 aliphatic carbocycles. The summed E-state index contributed by atoms with van der Waals surface area (Å²) in [6, 6.07) is 3.14. The molecule has 2 amide bonds. The van der Waals surface area contributed by atoms with Gasteiger partial charge in [0.05, 0.1) is 12.0 Å². The molecular weight excluding hydrogens is 420 g/mol. The molecule has 0 spiro atoms. The highest BCUT2D eigenvalue weighted by atomic mass is 32.2. The number of nitrogens with zero attached hydrogens (tertiary/aromatic N) is 2. The standard InChI is InChI=1S/C21H24N4O3S2/c1-11(2)18-22-20(17-13-7-6-12(3)9-15(13)30-21(17)23-18)29-10-16(26)24-25-19(27)14-5-4-8-28-14/h4-5,8,11-12H,6-7,9-10H2,1-3H3,(H,24,26)(H,25,27)/t12-/m1/s1. The van der Waals surface area contributed by atoms with Gasteiger partial charge in [0.1, 0.15) is 15.7 Å². The Morgan fingerprint density at radius 2 is 2.17 bits per heavy atom. The summed E-state index contributed by atoms with van der Waals surface area (Å²) in [6.07, 6.45) is 4.67. The van der Waals surface area contributed by atoms with E-state index in [-0.39, 0.29) is 23.3 Å². The Morgan fingerprint density at radius 3 is 2.90 bits per heavy atom. The predicted octanol–water partition coefficient (Wildman–Crippen LogP) is 4.09. The molecule has 3 aromatic heterocycles. The zero-order chi connectivity index (χ0) is 21.3. The molecule has 9 heteroatoms. The van der Waals surface area contributed by atoms with E-state index in [1.807, 2.05) is 0 Å². The van der Waals surface area contributed by atoms with Crippen LogP contribution in [0.5, 0.6) is 0 Å². The van der Waals surface area contributed by atoms with Gasteiger partial charge in [-0.1, -0.05) is 32.5 Å². The molecule has 0 bridgehead atoms. The van der Waals surface area contributed by atoms with Gasteiger partial charge >= 0.3 is 5.91 Å². The highest BCUT2D eigenvalue weighted by molar-refractivity contribution is 8.00. The lowest BCUT2D eigenvalue weighted by Crippen LogP contribution is -2.42. The summed E-state index contributed by atoms with van der Waals surface area (Å²) < 4.78 is 5.01. The van der Waals surface area contributed by atoms with Gasteiger partial charge in [0.15, 0.2) is 5.76 Å². The second kappa shape index (κ2) is 8.77. The number of hydrogen-bond acceptors (Lipinski definition) is 7. The Labute approximate surface area is 183 Å². The van der Waals surface area contributed by atoms with Crippen LogP contribution in [0.2, 0.25) is 0 Å². The number of thiophene rings is 1. The van der Waals surface area contributed by atoms with Crippen LogP contribution >= 0.6 is 23.1 Å². The molecule has 0 radical (unpaired) electrons. The number of hydrazine groups is 1. The Bertz CT molecular complexity index is 1080. The first-order chi connectivity index (χ1) is 14.4. The first-order valence-electron chi connectivity index (χ1n) is 10.00. The van der Waals surface area contributed by atoms with Crippen LogP contribution in [0.4, 0.5) is 0 Å². The van der Waals surface area contributed by atoms with Crippen LogP contribution in [0.3, 0.4) is 0 Å². The van der Waals surface area contributed by atoms with Crippen LogP contribution in [0.15, 0.2) is 27.8 Å². The molecule has 3 aromatic rings. The van der Waals surface area contributed by atoms with E-state index in [0.29, 0.717) is 5.92 Å². The molecule has 0 aromatic carbocycles. The van der Waals surface area contributed by atoms with Crippen LogP contribution < -0.4 is 10.9 Å². The van der Waals surface area contributed by atoms with Crippen molar-refractivity contribution in [2.45, 2.75) is 51.0 Å². The number of aromatic nitrogens is 2. The van der Waals surface area contributed by atoms with Crippen molar-refractivity contribution >= 4 is 45.1 Å². The zero-order valence-electron chi connectivity index (χ0n) is 17.2. The van der Waals surface area contributed by atoms with Gasteiger partial charge in [-0.05, 0) is 42.9 Å². The number of carbonyl (C=O) groups is 2. The predicted molar refractivity (Wildman–Crippen MR) is 118 cm³/mol. The Kier molecular flexibility index (Phi) is 6.10. The van der Waals surface area contributed by atoms with E-state index in [4.69, 9.17) is 14.4 Å². The lowest BCUT2D eigenvalue weighted by Gasteiger charge is -2.18. The zero-order valence-corrected chi connectivity index (χ0v) is 18.8. The van der Waals surface area contributed by atoms with Crippen molar-refractivity contribution in [2.24, 2.45) is 5.92 Å². The molecule has 158 valence electrons. The molecule has 3 heterocycles. The number of thioether (sulfide) groups is 1. The molecule has 2 N–H and O–H groups in total. The second-order valence-electron chi connectivity index (χ2n) is 7.84. The van der Waals surface area contributed by atoms with Crippen molar-refractivity contribution in [1.82, 2.24) is 20.8 Å². The van der Waals surface area contributed by atoms with E-state index in [1.54, 1.807) is 17.4 Å². The van der Waals surface area contributed by atoms with Gasteiger partial charge in [0, 0.05) is 16.2 Å². The molecular formula is C21H24N4O3S2. The fourth-order valence-electron chi connectivity index (χ4n) is 3.45. The maximum atomic E-state index is 12.3. The third-order valence-corrected chi connectivity index (χ3v) is 7.18. The normalized spacial score (nSPS) is 15.9. The van der Waals surface area contributed by atoms with Crippen molar-refractivity contribution in [2.75, 3.05) is 5.75 Å². The number of carbonyl (C=O) groups excluding carboxylic acids is 2. The fourth-order valence-corrected chi connectivity index (χ4v) is 5.77. The minimum absolute atomic E-state index is 0.140. The maximum Gasteiger partial charge on any atom is 0.305 e. The number of aryl methyl sites for hydroxylation is 1. The van der Waals surface area contributed by atoms with Crippen LogP contribution in [0.25, 0.3) is 10.2 Å². The van der Waals surface area contributed by atoms with Gasteiger partial charge in [0.2, 0.25) is 5.91 Å². The van der Waals surface area contributed by atoms with Gasteiger partial charge < -0.3 is 4.42 Å². The Morgan fingerprint density at radius 1 is 1.33 bits per heavy atom. The van der Waals surface area contributed by atoms with Crippen LogP contribution in [0.1, 0.15) is 59.9 Å². The smallest absolute Gasteiger partial charge is 0.305 e. The number of hydrogen-bond donors (Lipinski definition) is 2. The Balaban J connectivity index is 1.51. The maximum absolute atomic E-state index is 12.3. The van der Waals surface area contributed by atoms with Crippen LogP contribution in [0, 0.1) is 5.92 Å². The summed E-state index contributed by atoms with van der Waals surface area (Å²) in [7, 11) is 0. The molecule has 1 atom stereocenters. The Hall–Kier alpha value is -2.39. The van der Waals surface area contributed by atoms with Gasteiger partial charge in [-0.2, -0.15) is 0 Å². The van der Waals surface area contributed by atoms with Crippen molar-refractivity contribution in [3.05, 3.63) is 40.4 Å². The van der Waals surface area contributed by atoms with Crippen molar-refractivity contribution in [1.29, 1.82) is 0 Å². The number of fused-ring (bicyclic) bond motifs is 3. The summed E-state index contributed by atoms with van der Waals surface area (Å²) in [5.41, 5.74) is 6.13. The lowest BCUT2D eigenvalue weighted by molar-refractivity contribution is -0.119. The minimum atomic E-state index is -0.495. The molecule has 0 fully saturated rings. The van der Waals surface area contributed by atoms with E-state index in [1.165, 1.54) is 34.5 Å². The van der Waals surface area contributed by atoms with Gasteiger partial charge in [-0.25, -0.2) is 9.97 Å². The van der Waals surface area contributed by atoms with Gasteiger partial charge in [0.25, 0.3) is 0 Å².